The first-order valence-electron chi connectivity index (χ1n) is 6.68. The lowest BCUT2D eigenvalue weighted by atomic mass is 10.1. The molecule has 0 aromatic heterocycles. The Morgan fingerprint density at radius 2 is 1.81 bits per heavy atom. The van der Waals surface area contributed by atoms with Crippen LogP contribution in [-0.4, -0.2) is 50.1 Å². The van der Waals surface area contributed by atoms with Gasteiger partial charge in [-0.05, 0) is 27.7 Å². The highest BCUT2D eigenvalue weighted by molar-refractivity contribution is 14.0. The van der Waals surface area contributed by atoms with E-state index in [4.69, 9.17) is 0 Å². The number of hydrogen-bond acceptors (Lipinski definition) is 4. The maximum atomic E-state index is 11.6. The lowest BCUT2D eigenvalue weighted by Gasteiger charge is -2.20. The summed E-state index contributed by atoms with van der Waals surface area (Å²) >= 11 is 0. The minimum atomic E-state index is -0.293. The van der Waals surface area contributed by atoms with E-state index in [2.05, 4.69) is 25.7 Å². The van der Waals surface area contributed by atoms with Crippen molar-refractivity contribution in [3.05, 3.63) is 0 Å². The number of ether oxygens (including phenoxy) is 1. The van der Waals surface area contributed by atoms with Crippen LogP contribution in [0, 0.1) is 0 Å². The lowest BCUT2D eigenvalue weighted by molar-refractivity contribution is -0.140. The van der Waals surface area contributed by atoms with Gasteiger partial charge >= 0.3 is 5.97 Å². The van der Waals surface area contributed by atoms with Crippen LogP contribution in [0.3, 0.4) is 0 Å². The maximum Gasteiger partial charge on any atom is 0.307 e. The number of amides is 1. The summed E-state index contributed by atoms with van der Waals surface area (Å²) in [5.41, 5.74) is -0.275. The summed E-state index contributed by atoms with van der Waals surface area (Å²) in [4.78, 5) is 26.8. The van der Waals surface area contributed by atoms with Gasteiger partial charge in [-0.1, -0.05) is 0 Å². The third kappa shape index (κ3) is 13.7. The minimum Gasteiger partial charge on any atom is -0.469 e. The van der Waals surface area contributed by atoms with Crippen LogP contribution in [0.25, 0.3) is 0 Å². The molecule has 0 saturated heterocycles. The van der Waals surface area contributed by atoms with E-state index in [-0.39, 0.29) is 54.4 Å². The molecule has 0 heterocycles. The molecule has 0 aromatic rings. The molecular formula is C13H27IN4O3. The standard InChI is InChI=1S/C13H26N4O3.HI/c1-6-14-12(15-8-7-11(19)20-5)16-9-10(18)17-13(2,3)4;/h6-9H2,1-5H3,(H,17,18)(H2,14,15,16);1H. The molecule has 0 bridgehead atoms. The van der Waals surface area contributed by atoms with Gasteiger partial charge in [-0.15, -0.1) is 24.0 Å². The van der Waals surface area contributed by atoms with Gasteiger partial charge in [0.05, 0.1) is 13.5 Å². The third-order valence-corrected chi connectivity index (χ3v) is 2.09. The maximum absolute atomic E-state index is 11.6. The Hall–Kier alpha value is -1.06. The molecule has 0 atom stereocenters. The number of guanidine groups is 1. The van der Waals surface area contributed by atoms with Gasteiger partial charge in [0, 0.05) is 18.6 Å². The number of carbonyl (C=O) groups is 2. The van der Waals surface area contributed by atoms with E-state index in [0.717, 1.165) is 0 Å². The first kappa shape index (κ1) is 22.2. The van der Waals surface area contributed by atoms with Gasteiger partial charge in [-0.25, -0.2) is 4.99 Å². The van der Waals surface area contributed by atoms with E-state index in [1.807, 2.05) is 27.7 Å². The molecule has 0 aliphatic rings. The second-order valence-corrected chi connectivity index (χ2v) is 5.25. The lowest BCUT2D eigenvalue weighted by Crippen LogP contribution is -2.43. The smallest absolute Gasteiger partial charge is 0.307 e. The SMILES string of the molecule is CCNC(=NCC(=O)NC(C)(C)C)NCCC(=O)OC.I. The number of esters is 1. The molecular weight excluding hydrogens is 387 g/mol. The molecule has 0 aromatic carbocycles. The number of methoxy groups -OCH3 is 1. The molecule has 0 spiro atoms. The van der Waals surface area contributed by atoms with Crippen LogP contribution >= 0.6 is 24.0 Å². The second-order valence-electron chi connectivity index (χ2n) is 5.25. The van der Waals surface area contributed by atoms with Crippen molar-refractivity contribution in [2.45, 2.75) is 39.7 Å². The van der Waals surface area contributed by atoms with Crippen molar-refractivity contribution in [2.24, 2.45) is 4.99 Å². The van der Waals surface area contributed by atoms with E-state index in [1.165, 1.54) is 7.11 Å². The zero-order valence-corrected chi connectivity index (χ0v) is 15.7. The van der Waals surface area contributed by atoms with Crippen molar-refractivity contribution in [1.29, 1.82) is 0 Å². The van der Waals surface area contributed by atoms with Gasteiger partial charge in [0.15, 0.2) is 5.96 Å². The van der Waals surface area contributed by atoms with E-state index in [9.17, 15) is 9.59 Å². The first-order valence-corrected chi connectivity index (χ1v) is 6.68. The summed E-state index contributed by atoms with van der Waals surface area (Å²) < 4.78 is 4.54. The van der Waals surface area contributed by atoms with Crippen molar-refractivity contribution in [2.75, 3.05) is 26.7 Å². The highest BCUT2D eigenvalue weighted by Gasteiger charge is 2.13. The normalized spacial score (nSPS) is 11.2. The Kier molecular flexibility index (Phi) is 12.3. The zero-order valence-electron chi connectivity index (χ0n) is 13.4. The van der Waals surface area contributed by atoms with Crippen molar-refractivity contribution < 1.29 is 14.3 Å². The molecule has 0 aliphatic heterocycles. The average molecular weight is 414 g/mol. The average Bonchev–Trinajstić information content (AvgIpc) is 2.33. The highest BCUT2D eigenvalue weighted by atomic mass is 127. The predicted molar refractivity (Wildman–Crippen MR) is 93.9 cm³/mol. The van der Waals surface area contributed by atoms with Crippen LogP contribution in [0.15, 0.2) is 4.99 Å². The summed E-state index contributed by atoms with van der Waals surface area (Å²) in [7, 11) is 1.35. The molecule has 1 amide bonds. The molecule has 0 fully saturated rings. The number of rotatable bonds is 6. The summed E-state index contributed by atoms with van der Waals surface area (Å²) in [6, 6.07) is 0. The first-order chi connectivity index (χ1) is 9.28. The molecule has 21 heavy (non-hydrogen) atoms. The summed E-state index contributed by atoms with van der Waals surface area (Å²) in [6.07, 6.45) is 0.245. The number of nitrogens with zero attached hydrogens (tertiary/aromatic N) is 1. The van der Waals surface area contributed by atoms with Gasteiger partial charge in [-0.3, -0.25) is 9.59 Å². The van der Waals surface area contributed by atoms with E-state index in [1.54, 1.807) is 0 Å². The second kappa shape index (κ2) is 11.6. The molecule has 0 saturated carbocycles. The van der Waals surface area contributed by atoms with Crippen molar-refractivity contribution in [3.63, 3.8) is 0 Å². The zero-order chi connectivity index (χ0) is 15.6. The molecule has 0 aliphatic carbocycles. The fraction of sp³-hybridized carbons (Fsp3) is 0.769. The third-order valence-electron chi connectivity index (χ3n) is 2.09. The molecule has 0 radical (unpaired) electrons. The van der Waals surface area contributed by atoms with E-state index < -0.39 is 0 Å². The topological polar surface area (TPSA) is 91.8 Å². The Bertz CT molecular complexity index is 354. The van der Waals surface area contributed by atoms with E-state index >= 15 is 0 Å². The molecule has 7 nitrogen and oxygen atoms in total. The predicted octanol–water partition coefficient (Wildman–Crippen LogP) is 0.637. The van der Waals surface area contributed by atoms with Crippen molar-refractivity contribution in [1.82, 2.24) is 16.0 Å². The van der Waals surface area contributed by atoms with Crippen LogP contribution in [0.2, 0.25) is 0 Å². The Morgan fingerprint density at radius 1 is 1.19 bits per heavy atom. The van der Waals surface area contributed by atoms with E-state index in [0.29, 0.717) is 19.0 Å². The van der Waals surface area contributed by atoms with Crippen LogP contribution in [0.4, 0.5) is 0 Å². The molecule has 0 unspecified atom stereocenters. The van der Waals surface area contributed by atoms with Crippen LogP contribution < -0.4 is 16.0 Å². The molecule has 124 valence electrons. The quantitative estimate of drug-likeness (QED) is 0.257. The van der Waals surface area contributed by atoms with Crippen molar-refractivity contribution in [3.8, 4) is 0 Å². The fourth-order valence-electron chi connectivity index (χ4n) is 1.34. The molecule has 3 N–H and O–H groups in total. The van der Waals surface area contributed by atoms with Gasteiger partial charge in [0.2, 0.25) is 5.91 Å². The van der Waals surface area contributed by atoms with Crippen LogP contribution in [0.1, 0.15) is 34.1 Å². The van der Waals surface area contributed by atoms with Crippen LogP contribution in [0.5, 0.6) is 0 Å². The van der Waals surface area contributed by atoms with Gasteiger partial charge in [-0.2, -0.15) is 0 Å². The van der Waals surface area contributed by atoms with Crippen LogP contribution in [-0.2, 0) is 14.3 Å². The van der Waals surface area contributed by atoms with Gasteiger partial charge in [0.1, 0.15) is 6.54 Å². The largest absolute Gasteiger partial charge is 0.469 e. The number of aliphatic imine (C=N–C) groups is 1. The monoisotopic (exact) mass is 414 g/mol. The summed E-state index contributed by atoms with van der Waals surface area (Å²) in [5, 5.41) is 8.79. The summed E-state index contributed by atoms with van der Waals surface area (Å²) in [5.74, 6) is 0.0574. The Morgan fingerprint density at radius 3 is 2.29 bits per heavy atom. The Balaban J connectivity index is 0. The number of hydrogen-bond donors (Lipinski definition) is 3. The molecule has 0 rings (SSSR count). The minimum absolute atomic E-state index is 0. The van der Waals surface area contributed by atoms with Gasteiger partial charge < -0.3 is 20.7 Å². The Labute approximate surface area is 143 Å². The van der Waals surface area contributed by atoms with Crippen molar-refractivity contribution >= 4 is 41.8 Å². The van der Waals surface area contributed by atoms with Gasteiger partial charge in [0.25, 0.3) is 0 Å². The summed E-state index contributed by atoms with van der Waals surface area (Å²) in [6.45, 7) is 8.76. The number of halogens is 1. The fourth-order valence-corrected chi connectivity index (χ4v) is 1.34. The molecule has 8 heteroatoms. The highest BCUT2D eigenvalue weighted by Crippen LogP contribution is 1.97. The number of carbonyl (C=O) groups excluding carboxylic acids is 2. The number of nitrogens with one attached hydrogen (secondary N) is 3.